The monoisotopic (exact) mass is 824 g/mol. The quantitative estimate of drug-likeness (QED) is 0.166. The third-order valence-corrected chi connectivity index (χ3v) is 13.9. The number of para-hydroxylation sites is 1. The maximum atomic E-state index is 5.43. The van der Waals surface area contributed by atoms with Gasteiger partial charge >= 0.3 is 0 Å². The van der Waals surface area contributed by atoms with Gasteiger partial charge in [0.05, 0.1) is 16.6 Å². The van der Waals surface area contributed by atoms with Crippen LogP contribution in [0.3, 0.4) is 0 Å². The lowest BCUT2D eigenvalue weighted by Gasteiger charge is -2.30. The molecule has 0 saturated heterocycles. The van der Waals surface area contributed by atoms with Crippen LogP contribution in [0.2, 0.25) is 0 Å². The summed E-state index contributed by atoms with van der Waals surface area (Å²) < 4.78 is 0. The van der Waals surface area contributed by atoms with Crippen LogP contribution >= 0.6 is 0 Å². The molecule has 14 rings (SSSR count). The van der Waals surface area contributed by atoms with E-state index >= 15 is 0 Å². The minimum absolute atomic E-state index is 0.429. The first-order valence-electron chi connectivity index (χ1n) is 22.2. The second kappa shape index (κ2) is 13.7. The van der Waals surface area contributed by atoms with Crippen LogP contribution in [-0.2, 0) is 5.41 Å². The predicted octanol–water partition coefficient (Wildman–Crippen LogP) is 14.9. The van der Waals surface area contributed by atoms with E-state index in [2.05, 4.69) is 218 Å². The summed E-state index contributed by atoms with van der Waals surface area (Å²) in [5.74, 6) is 1.88. The molecule has 12 aromatic rings. The van der Waals surface area contributed by atoms with Crippen LogP contribution < -0.4 is 0 Å². The summed E-state index contributed by atoms with van der Waals surface area (Å²) in [4.78, 5) is 20.8. The Morgan fingerprint density at radius 2 is 0.708 bits per heavy atom. The molecule has 300 valence electrons. The van der Waals surface area contributed by atoms with Crippen molar-refractivity contribution in [1.82, 2.24) is 19.9 Å². The van der Waals surface area contributed by atoms with Gasteiger partial charge in [0.2, 0.25) is 0 Å². The van der Waals surface area contributed by atoms with Gasteiger partial charge in [0.15, 0.2) is 17.5 Å². The Morgan fingerprint density at radius 1 is 0.262 bits per heavy atom. The third-order valence-electron chi connectivity index (χ3n) is 13.9. The number of rotatable bonds is 4. The number of fused-ring (bicyclic) bond motifs is 15. The van der Waals surface area contributed by atoms with E-state index in [0.29, 0.717) is 17.5 Å². The molecule has 2 aromatic heterocycles. The zero-order valence-corrected chi connectivity index (χ0v) is 35.1. The maximum Gasteiger partial charge on any atom is 0.164 e. The Bertz CT molecular complexity index is 3820. The highest BCUT2D eigenvalue weighted by molar-refractivity contribution is 6.14. The second-order valence-electron chi connectivity index (χ2n) is 17.3. The van der Waals surface area contributed by atoms with Crippen molar-refractivity contribution < 1.29 is 0 Å². The van der Waals surface area contributed by atoms with E-state index in [1.807, 2.05) is 0 Å². The molecule has 0 amide bonds. The molecule has 2 aliphatic carbocycles. The van der Waals surface area contributed by atoms with Crippen LogP contribution in [0.5, 0.6) is 0 Å². The number of hydrogen-bond acceptors (Lipinski definition) is 4. The van der Waals surface area contributed by atoms with Crippen LogP contribution in [0, 0.1) is 0 Å². The summed E-state index contributed by atoms with van der Waals surface area (Å²) in [5, 5.41) is 8.09. The summed E-state index contributed by atoms with van der Waals surface area (Å²) in [7, 11) is 0. The van der Waals surface area contributed by atoms with Crippen molar-refractivity contribution in [1.29, 1.82) is 0 Å². The van der Waals surface area contributed by atoms with E-state index in [4.69, 9.17) is 19.9 Å². The van der Waals surface area contributed by atoms with Crippen LogP contribution in [0.25, 0.3) is 111 Å². The molecule has 4 nitrogen and oxygen atoms in total. The van der Waals surface area contributed by atoms with Crippen molar-refractivity contribution in [3.8, 4) is 67.7 Å². The SMILES string of the molecule is c1ccc2c(c1)-c1ccccc1C21c2ccccc2-c2cc3c(-c4ccc(-c5nc(-c6ccc7ccccc7c6)nc(-c6ccc7ccccc7c6)n5)cc4)nc4ccccc4c3cc21. The number of benzene rings is 10. The van der Waals surface area contributed by atoms with E-state index in [1.165, 1.54) is 60.7 Å². The third kappa shape index (κ3) is 5.25. The first-order valence-corrected chi connectivity index (χ1v) is 22.2. The Labute approximate surface area is 375 Å². The zero-order valence-electron chi connectivity index (χ0n) is 35.1. The van der Waals surface area contributed by atoms with Crippen LogP contribution in [-0.4, -0.2) is 19.9 Å². The molecule has 0 radical (unpaired) electrons. The van der Waals surface area contributed by atoms with Crippen LogP contribution in [0.15, 0.2) is 218 Å². The largest absolute Gasteiger partial charge is 0.247 e. The van der Waals surface area contributed by atoms with Gasteiger partial charge < -0.3 is 0 Å². The van der Waals surface area contributed by atoms with Crippen molar-refractivity contribution >= 4 is 43.2 Å². The smallest absolute Gasteiger partial charge is 0.164 e. The zero-order chi connectivity index (χ0) is 42.6. The molecule has 0 unspecified atom stereocenters. The topological polar surface area (TPSA) is 51.6 Å². The first kappa shape index (κ1) is 35.9. The average Bonchev–Trinajstić information content (AvgIpc) is 3.84. The van der Waals surface area contributed by atoms with E-state index in [1.54, 1.807) is 0 Å². The van der Waals surface area contributed by atoms with E-state index < -0.39 is 5.41 Å². The molecule has 10 aromatic carbocycles. The molecule has 2 aliphatic rings. The van der Waals surface area contributed by atoms with E-state index in [-0.39, 0.29) is 0 Å². The van der Waals surface area contributed by atoms with Gasteiger partial charge in [-0.2, -0.15) is 0 Å². The molecular formula is C61H36N4. The van der Waals surface area contributed by atoms with Gasteiger partial charge in [0, 0.05) is 33.0 Å². The van der Waals surface area contributed by atoms with E-state index in [9.17, 15) is 0 Å². The summed E-state index contributed by atoms with van der Waals surface area (Å²) in [5.41, 5.74) is 15.8. The molecule has 1 spiro atoms. The summed E-state index contributed by atoms with van der Waals surface area (Å²) in [6.07, 6.45) is 0. The van der Waals surface area contributed by atoms with Crippen molar-refractivity contribution in [2.45, 2.75) is 5.41 Å². The Balaban J connectivity index is 0.949. The lowest BCUT2D eigenvalue weighted by atomic mass is 9.70. The molecule has 2 heterocycles. The molecule has 0 bridgehead atoms. The fraction of sp³-hybridized carbons (Fsp3) is 0.0164. The Hall–Kier alpha value is -8.60. The molecule has 4 heteroatoms. The number of hydrogen-bond donors (Lipinski definition) is 0. The average molecular weight is 825 g/mol. The lowest BCUT2D eigenvalue weighted by molar-refractivity contribution is 0.795. The van der Waals surface area contributed by atoms with E-state index in [0.717, 1.165) is 55.0 Å². The highest BCUT2D eigenvalue weighted by atomic mass is 15.0. The number of nitrogens with zero attached hydrogens (tertiary/aromatic N) is 4. The standard InChI is InChI=1S/C61H36N4/c1-3-15-41-33-43(31-25-37(41)13-1)59-63-58(64-60(65-59)44-32-26-38-14-2-4-16-42(38)34-44)40-29-27-39(28-30-40)57-51-35-50-47-19-7-11-23-54(47)61(55(50)36-49(51)48-20-8-12-24-56(48)62-57)52-21-9-5-17-45(52)46-18-6-10-22-53(46)61/h1-36H. The Morgan fingerprint density at radius 3 is 1.29 bits per heavy atom. The van der Waals surface area contributed by atoms with Crippen molar-refractivity contribution in [3.05, 3.63) is 241 Å². The summed E-state index contributed by atoms with van der Waals surface area (Å²) in [6, 6.07) is 78.7. The summed E-state index contributed by atoms with van der Waals surface area (Å²) in [6.45, 7) is 0. The lowest BCUT2D eigenvalue weighted by Crippen LogP contribution is -2.25. The molecule has 0 aliphatic heterocycles. The van der Waals surface area contributed by atoms with Gasteiger partial charge in [-0.15, -0.1) is 0 Å². The minimum atomic E-state index is -0.429. The van der Waals surface area contributed by atoms with Gasteiger partial charge in [-0.3, -0.25) is 0 Å². The maximum absolute atomic E-state index is 5.43. The first-order chi connectivity index (χ1) is 32.2. The van der Waals surface area contributed by atoms with Gasteiger partial charge in [-0.05, 0) is 102 Å². The predicted molar refractivity (Wildman–Crippen MR) is 266 cm³/mol. The highest BCUT2D eigenvalue weighted by Gasteiger charge is 2.51. The molecule has 0 N–H and O–H groups in total. The van der Waals surface area contributed by atoms with Crippen LogP contribution in [0.1, 0.15) is 22.3 Å². The molecule has 65 heavy (non-hydrogen) atoms. The minimum Gasteiger partial charge on any atom is -0.247 e. The molecular weight excluding hydrogens is 789 g/mol. The summed E-state index contributed by atoms with van der Waals surface area (Å²) >= 11 is 0. The molecule has 0 fully saturated rings. The van der Waals surface area contributed by atoms with Crippen LogP contribution in [0.4, 0.5) is 0 Å². The number of pyridine rings is 1. The van der Waals surface area contributed by atoms with Crippen molar-refractivity contribution in [2.24, 2.45) is 0 Å². The highest BCUT2D eigenvalue weighted by Crippen LogP contribution is 2.63. The van der Waals surface area contributed by atoms with Crippen molar-refractivity contribution in [2.75, 3.05) is 0 Å². The normalized spacial score (nSPS) is 13.0. The molecule has 0 saturated carbocycles. The van der Waals surface area contributed by atoms with Gasteiger partial charge in [0.1, 0.15) is 0 Å². The second-order valence-corrected chi connectivity index (χ2v) is 17.3. The fourth-order valence-electron chi connectivity index (χ4n) is 11.0. The fourth-order valence-corrected chi connectivity index (χ4v) is 11.0. The van der Waals surface area contributed by atoms with Gasteiger partial charge in [0.25, 0.3) is 0 Å². The number of aromatic nitrogens is 4. The van der Waals surface area contributed by atoms with Gasteiger partial charge in [-0.25, -0.2) is 19.9 Å². The molecule has 0 atom stereocenters. The van der Waals surface area contributed by atoms with Gasteiger partial charge in [-0.1, -0.05) is 188 Å². The Kier molecular flexibility index (Phi) is 7.57. The van der Waals surface area contributed by atoms with Crippen molar-refractivity contribution in [3.63, 3.8) is 0 Å².